The fourth-order valence-corrected chi connectivity index (χ4v) is 1.59. The predicted molar refractivity (Wildman–Crippen MR) is 60.4 cm³/mol. The first-order chi connectivity index (χ1) is 7.60. The van der Waals surface area contributed by atoms with Crippen LogP contribution in [0.1, 0.15) is 16.8 Å². The zero-order valence-corrected chi connectivity index (χ0v) is 9.65. The van der Waals surface area contributed by atoms with Crippen LogP contribution in [0.3, 0.4) is 0 Å². The normalized spacial score (nSPS) is 10.7. The second-order valence-corrected chi connectivity index (χ2v) is 3.89. The van der Waals surface area contributed by atoms with Crippen molar-refractivity contribution in [2.24, 2.45) is 0 Å². The third-order valence-corrected chi connectivity index (χ3v) is 2.66. The van der Waals surface area contributed by atoms with Gasteiger partial charge in [0.25, 0.3) is 0 Å². The second-order valence-electron chi connectivity index (χ2n) is 3.89. The molecule has 4 heteroatoms. The molecule has 0 fully saturated rings. The van der Waals surface area contributed by atoms with Crippen molar-refractivity contribution in [2.75, 3.05) is 7.11 Å². The van der Waals surface area contributed by atoms with Crippen molar-refractivity contribution >= 4 is 11.6 Å². The first kappa shape index (κ1) is 10.7. The number of nitrogens with zero attached hydrogens (tertiary/aromatic N) is 2. The van der Waals surface area contributed by atoms with Gasteiger partial charge in [0, 0.05) is 12.4 Å². The summed E-state index contributed by atoms with van der Waals surface area (Å²) < 4.78 is 6.54. The molecule has 0 bridgehead atoms. The number of rotatable bonds is 2. The molecule has 2 aromatic heterocycles. The van der Waals surface area contributed by atoms with Crippen molar-refractivity contribution in [1.82, 2.24) is 9.38 Å². The average Bonchev–Trinajstić information content (AvgIpc) is 2.60. The number of methoxy groups -OCH3 is 1. The van der Waals surface area contributed by atoms with Gasteiger partial charge in [0.1, 0.15) is 5.65 Å². The van der Waals surface area contributed by atoms with Crippen molar-refractivity contribution in [2.45, 2.75) is 20.3 Å². The summed E-state index contributed by atoms with van der Waals surface area (Å²) in [5, 5.41) is 0. The monoisotopic (exact) mass is 218 g/mol. The number of carbonyl (C=O) groups is 1. The summed E-state index contributed by atoms with van der Waals surface area (Å²) >= 11 is 0. The molecule has 2 heterocycles. The zero-order chi connectivity index (χ0) is 11.7. The highest BCUT2D eigenvalue weighted by Crippen LogP contribution is 2.12. The second kappa shape index (κ2) is 3.96. The molecular weight excluding hydrogens is 204 g/mol. The Morgan fingerprint density at radius 2 is 2.12 bits per heavy atom. The molecule has 2 rings (SSSR count). The molecule has 0 aromatic carbocycles. The molecule has 0 aliphatic carbocycles. The predicted octanol–water partition coefficient (Wildman–Crippen LogP) is 1.67. The van der Waals surface area contributed by atoms with Crippen LogP contribution in [0.4, 0.5) is 0 Å². The van der Waals surface area contributed by atoms with Crippen LogP contribution in [0.15, 0.2) is 18.5 Å². The van der Waals surface area contributed by atoms with E-state index in [0.29, 0.717) is 0 Å². The SMILES string of the molecule is COC(=O)Cc1cn2cc(C)c(C)cc2n1. The maximum absolute atomic E-state index is 11.1. The summed E-state index contributed by atoms with van der Waals surface area (Å²) in [5.41, 5.74) is 4.00. The molecule has 2 aromatic rings. The Morgan fingerprint density at radius 1 is 1.38 bits per heavy atom. The Labute approximate surface area is 93.9 Å². The number of hydrogen-bond acceptors (Lipinski definition) is 3. The minimum atomic E-state index is -0.267. The topological polar surface area (TPSA) is 43.6 Å². The molecule has 0 radical (unpaired) electrons. The van der Waals surface area contributed by atoms with E-state index in [4.69, 9.17) is 0 Å². The highest BCUT2D eigenvalue weighted by molar-refractivity contribution is 5.72. The fourth-order valence-electron chi connectivity index (χ4n) is 1.59. The van der Waals surface area contributed by atoms with Gasteiger partial charge < -0.3 is 9.14 Å². The van der Waals surface area contributed by atoms with E-state index in [1.807, 2.05) is 29.8 Å². The van der Waals surface area contributed by atoms with Gasteiger partial charge in [-0.1, -0.05) is 0 Å². The van der Waals surface area contributed by atoms with Gasteiger partial charge in [0.05, 0.1) is 19.2 Å². The first-order valence-corrected chi connectivity index (χ1v) is 5.12. The molecule has 0 atom stereocenters. The van der Waals surface area contributed by atoms with E-state index in [1.165, 1.54) is 18.2 Å². The van der Waals surface area contributed by atoms with Gasteiger partial charge in [-0.3, -0.25) is 4.79 Å². The van der Waals surface area contributed by atoms with Gasteiger partial charge in [0.2, 0.25) is 0 Å². The number of carbonyl (C=O) groups excluding carboxylic acids is 1. The Morgan fingerprint density at radius 3 is 2.81 bits per heavy atom. The standard InChI is InChI=1S/C12H14N2O2/c1-8-4-11-13-10(5-12(15)16-3)7-14(11)6-9(8)2/h4,6-7H,5H2,1-3H3. The zero-order valence-electron chi connectivity index (χ0n) is 9.65. The highest BCUT2D eigenvalue weighted by Gasteiger charge is 2.08. The molecule has 0 unspecified atom stereocenters. The number of hydrogen-bond donors (Lipinski definition) is 0. The van der Waals surface area contributed by atoms with Crippen molar-refractivity contribution in [1.29, 1.82) is 0 Å². The lowest BCUT2D eigenvalue weighted by molar-refractivity contribution is -0.139. The lowest BCUT2D eigenvalue weighted by Gasteiger charge is -1.99. The molecule has 4 nitrogen and oxygen atoms in total. The molecule has 0 saturated heterocycles. The van der Waals surface area contributed by atoms with Gasteiger partial charge in [-0.05, 0) is 31.0 Å². The van der Waals surface area contributed by atoms with E-state index in [2.05, 4.69) is 16.6 Å². The van der Waals surface area contributed by atoms with Crippen LogP contribution in [0.25, 0.3) is 5.65 Å². The average molecular weight is 218 g/mol. The molecule has 0 N–H and O–H groups in total. The van der Waals surface area contributed by atoms with Crippen molar-refractivity contribution in [3.8, 4) is 0 Å². The third kappa shape index (κ3) is 1.91. The maximum Gasteiger partial charge on any atom is 0.311 e. The minimum absolute atomic E-state index is 0.219. The number of aromatic nitrogens is 2. The van der Waals surface area contributed by atoms with Crippen molar-refractivity contribution in [3.05, 3.63) is 35.3 Å². The molecule has 0 aliphatic rings. The van der Waals surface area contributed by atoms with Crippen molar-refractivity contribution in [3.63, 3.8) is 0 Å². The van der Waals surface area contributed by atoms with Crippen LogP contribution in [0, 0.1) is 13.8 Å². The Balaban J connectivity index is 2.40. The summed E-state index contributed by atoms with van der Waals surface area (Å²) in [7, 11) is 1.38. The fraction of sp³-hybridized carbons (Fsp3) is 0.333. The van der Waals surface area contributed by atoms with E-state index in [-0.39, 0.29) is 12.4 Å². The number of imidazole rings is 1. The Kier molecular flexibility index (Phi) is 2.64. The van der Waals surface area contributed by atoms with Gasteiger partial charge >= 0.3 is 5.97 Å². The van der Waals surface area contributed by atoms with Gasteiger partial charge in [-0.25, -0.2) is 4.98 Å². The van der Waals surface area contributed by atoms with Crippen LogP contribution >= 0.6 is 0 Å². The summed E-state index contributed by atoms with van der Waals surface area (Å²) in [6.07, 6.45) is 4.09. The Bertz CT molecular complexity index is 504. The molecule has 16 heavy (non-hydrogen) atoms. The summed E-state index contributed by atoms with van der Waals surface area (Å²) in [4.78, 5) is 15.5. The largest absolute Gasteiger partial charge is 0.469 e. The Hall–Kier alpha value is -1.84. The number of esters is 1. The highest BCUT2D eigenvalue weighted by atomic mass is 16.5. The van der Waals surface area contributed by atoms with E-state index in [1.54, 1.807) is 0 Å². The number of ether oxygens (including phenoxy) is 1. The smallest absolute Gasteiger partial charge is 0.311 e. The molecule has 0 saturated carbocycles. The summed E-state index contributed by atoms with van der Waals surface area (Å²) in [6.45, 7) is 4.10. The van der Waals surface area contributed by atoms with Crippen LogP contribution in [0.2, 0.25) is 0 Å². The molecule has 84 valence electrons. The lowest BCUT2D eigenvalue weighted by Crippen LogP contribution is -2.04. The van der Waals surface area contributed by atoms with E-state index in [9.17, 15) is 4.79 Å². The first-order valence-electron chi connectivity index (χ1n) is 5.12. The molecule has 0 aliphatic heterocycles. The summed E-state index contributed by atoms with van der Waals surface area (Å²) in [6, 6.07) is 2.01. The summed E-state index contributed by atoms with van der Waals surface area (Å²) in [5.74, 6) is -0.267. The number of aryl methyl sites for hydroxylation is 2. The van der Waals surface area contributed by atoms with E-state index in [0.717, 1.165) is 11.3 Å². The number of fused-ring (bicyclic) bond motifs is 1. The third-order valence-electron chi connectivity index (χ3n) is 2.66. The lowest BCUT2D eigenvalue weighted by atomic mass is 10.2. The minimum Gasteiger partial charge on any atom is -0.469 e. The molecular formula is C12H14N2O2. The van der Waals surface area contributed by atoms with Gasteiger partial charge in [-0.2, -0.15) is 0 Å². The van der Waals surface area contributed by atoms with Crippen LogP contribution in [0.5, 0.6) is 0 Å². The maximum atomic E-state index is 11.1. The van der Waals surface area contributed by atoms with Crippen LogP contribution in [-0.2, 0) is 16.0 Å². The van der Waals surface area contributed by atoms with E-state index >= 15 is 0 Å². The van der Waals surface area contributed by atoms with Gasteiger partial charge in [-0.15, -0.1) is 0 Å². The number of pyridine rings is 1. The quantitative estimate of drug-likeness (QED) is 0.720. The van der Waals surface area contributed by atoms with Gasteiger partial charge in [0.15, 0.2) is 0 Å². The van der Waals surface area contributed by atoms with E-state index < -0.39 is 0 Å². The molecule has 0 spiro atoms. The van der Waals surface area contributed by atoms with Crippen LogP contribution < -0.4 is 0 Å². The van der Waals surface area contributed by atoms with Crippen LogP contribution in [-0.4, -0.2) is 22.5 Å². The van der Waals surface area contributed by atoms with Crippen molar-refractivity contribution < 1.29 is 9.53 Å². The molecule has 0 amide bonds.